The number of nitrogens with one attached hydrogen (secondary N) is 1. The van der Waals surface area contributed by atoms with E-state index >= 15 is 0 Å². The zero-order valence-electron chi connectivity index (χ0n) is 8.54. The fourth-order valence-corrected chi connectivity index (χ4v) is 3.35. The predicted octanol–water partition coefficient (Wildman–Crippen LogP) is 4.11. The minimum Gasteiger partial charge on any atom is -0.399 e. The lowest BCUT2D eigenvalue weighted by Gasteiger charge is -2.09. The summed E-state index contributed by atoms with van der Waals surface area (Å²) in [6.07, 6.45) is 0. The van der Waals surface area contributed by atoms with Crippen molar-refractivity contribution in [1.82, 2.24) is 0 Å². The second kappa shape index (κ2) is 5.20. The Morgan fingerprint density at radius 3 is 2.47 bits per heavy atom. The van der Waals surface area contributed by atoms with Crippen LogP contribution in [0.3, 0.4) is 0 Å². The van der Waals surface area contributed by atoms with Crippen LogP contribution in [0.1, 0.15) is 10.4 Å². The third-order valence-electron chi connectivity index (χ3n) is 2.09. The number of hydrogen-bond donors (Lipinski definition) is 2. The number of rotatable bonds is 2. The molecule has 0 radical (unpaired) electrons. The van der Waals surface area contributed by atoms with Crippen LogP contribution < -0.4 is 11.1 Å². The summed E-state index contributed by atoms with van der Waals surface area (Å²) in [6, 6.07) is 5.26. The predicted molar refractivity (Wildman–Crippen MR) is 78.5 cm³/mol. The average Bonchev–Trinajstić information content (AvgIpc) is 2.76. The number of halogens is 2. The fraction of sp³-hybridized carbons (Fsp3) is 0. The molecule has 3 N–H and O–H groups in total. The summed E-state index contributed by atoms with van der Waals surface area (Å²) in [6.45, 7) is 0. The van der Waals surface area contributed by atoms with Gasteiger partial charge < -0.3 is 11.1 Å². The maximum Gasteiger partial charge on any atom is 0.256 e. The van der Waals surface area contributed by atoms with E-state index in [0.717, 1.165) is 8.95 Å². The Kier molecular flexibility index (Phi) is 3.86. The van der Waals surface area contributed by atoms with Crippen molar-refractivity contribution in [2.24, 2.45) is 0 Å². The van der Waals surface area contributed by atoms with Crippen LogP contribution in [0, 0.1) is 0 Å². The van der Waals surface area contributed by atoms with Gasteiger partial charge in [0.05, 0.1) is 11.3 Å². The van der Waals surface area contributed by atoms with Gasteiger partial charge in [-0.1, -0.05) is 0 Å². The number of amides is 1. The first-order valence-electron chi connectivity index (χ1n) is 4.66. The van der Waals surface area contributed by atoms with Crippen LogP contribution in [0.2, 0.25) is 0 Å². The van der Waals surface area contributed by atoms with Crippen LogP contribution in [-0.2, 0) is 0 Å². The molecule has 0 spiro atoms. The number of nitrogen functional groups attached to an aromatic ring is 1. The van der Waals surface area contributed by atoms with Crippen molar-refractivity contribution in [2.75, 3.05) is 11.1 Å². The molecule has 17 heavy (non-hydrogen) atoms. The number of benzene rings is 1. The highest BCUT2D eigenvalue weighted by molar-refractivity contribution is 9.11. The Hall–Kier alpha value is -0.850. The fourth-order valence-electron chi connectivity index (χ4n) is 1.29. The van der Waals surface area contributed by atoms with Gasteiger partial charge in [-0.2, -0.15) is 11.3 Å². The molecule has 0 aliphatic heterocycles. The number of anilines is 2. The zero-order valence-corrected chi connectivity index (χ0v) is 12.5. The molecule has 1 aromatic heterocycles. The minimum atomic E-state index is -0.141. The summed E-state index contributed by atoms with van der Waals surface area (Å²) in [5.74, 6) is -0.141. The average molecular weight is 376 g/mol. The summed E-state index contributed by atoms with van der Waals surface area (Å²) < 4.78 is 1.49. The normalized spacial score (nSPS) is 10.2. The van der Waals surface area contributed by atoms with Crippen molar-refractivity contribution < 1.29 is 4.79 Å². The number of thiophene rings is 1. The summed E-state index contributed by atoms with van der Waals surface area (Å²) in [4.78, 5) is 11.9. The highest BCUT2D eigenvalue weighted by Gasteiger charge is 2.12. The summed E-state index contributed by atoms with van der Waals surface area (Å²) in [5, 5.41) is 6.49. The molecule has 2 aromatic rings. The Bertz CT molecular complexity index is 532. The summed E-state index contributed by atoms with van der Waals surface area (Å²) >= 11 is 8.22. The van der Waals surface area contributed by atoms with Crippen molar-refractivity contribution in [3.05, 3.63) is 43.5 Å². The molecule has 0 aliphatic carbocycles. The zero-order chi connectivity index (χ0) is 12.4. The minimum absolute atomic E-state index is 0.141. The van der Waals surface area contributed by atoms with Crippen molar-refractivity contribution in [2.45, 2.75) is 0 Å². The maximum atomic E-state index is 11.9. The number of carbonyl (C=O) groups is 1. The smallest absolute Gasteiger partial charge is 0.256 e. The molecular weight excluding hydrogens is 368 g/mol. The first-order valence-corrected chi connectivity index (χ1v) is 7.19. The van der Waals surface area contributed by atoms with Gasteiger partial charge >= 0.3 is 0 Å². The molecule has 3 nitrogen and oxygen atoms in total. The van der Waals surface area contributed by atoms with Gasteiger partial charge in [0.2, 0.25) is 0 Å². The van der Waals surface area contributed by atoms with Crippen LogP contribution in [0.5, 0.6) is 0 Å². The standard InChI is InChI=1S/C11H8Br2N2OS/c12-8-3-7(14)4-9(13)10(8)15-11(16)6-1-2-17-5-6/h1-5H,14H2,(H,15,16). The van der Waals surface area contributed by atoms with E-state index in [4.69, 9.17) is 5.73 Å². The topological polar surface area (TPSA) is 55.1 Å². The van der Waals surface area contributed by atoms with Gasteiger partial charge in [-0.05, 0) is 55.4 Å². The van der Waals surface area contributed by atoms with Gasteiger partial charge in [0.15, 0.2) is 0 Å². The van der Waals surface area contributed by atoms with Gasteiger partial charge in [-0.3, -0.25) is 4.79 Å². The van der Waals surface area contributed by atoms with E-state index < -0.39 is 0 Å². The molecular formula is C11H8Br2N2OS. The Morgan fingerprint density at radius 1 is 1.29 bits per heavy atom. The molecule has 0 bridgehead atoms. The second-order valence-electron chi connectivity index (χ2n) is 3.33. The molecule has 1 aromatic carbocycles. The van der Waals surface area contributed by atoms with E-state index in [1.807, 2.05) is 5.38 Å². The third kappa shape index (κ3) is 2.88. The number of carbonyl (C=O) groups excluding carboxylic acids is 1. The van der Waals surface area contributed by atoms with E-state index in [9.17, 15) is 4.79 Å². The third-order valence-corrected chi connectivity index (χ3v) is 4.02. The van der Waals surface area contributed by atoms with Crippen molar-refractivity contribution in [3.8, 4) is 0 Å². The van der Waals surface area contributed by atoms with Crippen molar-refractivity contribution in [1.29, 1.82) is 0 Å². The number of hydrogen-bond acceptors (Lipinski definition) is 3. The van der Waals surface area contributed by atoms with Gasteiger partial charge in [0, 0.05) is 20.0 Å². The molecule has 6 heteroatoms. The largest absolute Gasteiger partial charge is 0.399 e. The van der Waals surface area contributed by atoms with Gasteiger partial charge in [-0.25, -0.2) is 0 Å². The molecule has 2 rings (SSSR count). The van der Waals surface area contributed by atoms with Crippen LogP contribution in [0.15, 0.2) is 37.9 Å². The first-order chi connectivity index (χ1) is 8.08. The SMILES string of the molecule is Nc1cc(Br)c(NC(=O)c2ccsc2)c(Br)c1. The molecule has 1 amide bonds. The first kappa shape index (κ1) is 12.6. The van der Waals surface area contributed by atoms with E-state index in [2.05, 4.69) is 37.2 Å². The maximum absolute atomic E-state index is 11.9. The van der Waals surface area contributed by atoms with Crippen molar-refractivity contribution in [3.63, 3.8) is 0 Å². The highest BCUT2D eigenvalue weighted by Crippen LogP contribution is 2.33. The van der Waals surface area contributed by atoms with Gasteiger partial charge in [0.1, 0.15) is 0 Å². The van der Waals surface area contributed by atoms with Gasteiger partial charge in [-0.15, -0.1) is 0 Å². The molecule has 0 aliphatic rings. The highest BCUT2D eigenvalue weighted by atomic mass is 79.9. The lowest BCUT2D eigenvalue weighted by molar-refractivity contribution is 0.102. The van der Waals surface area contributed by atoms with E-state index in [1.54, 1.807) is 23.6 Å². The molecule has 1 heterocycles. The van der Waals surface area contributed by atoms with Crippen LogP contribution in [0.4, 0.5) is 11.4 Å². The number of nitrogens with two attached hydrogens (primary N) is 1. The molecule has 0 atom stereocenters. The Labute approximate surface area is 119 Å². The molecule has 0 saturated heterocycles. The van der Waals surface area contributed by atoms with E-state index in [-0.39, 0.29) is 5.91 Å². The van der Waals surface area contributed by atoms with Crippen LogP contribution in [-0.4, -0.2) is 5.91 Å². The van der Waals surface area contributed by atoms with Gasteiger partial charge in [0.25, 0.3) is 5.91 Å². The quantitative estimate of drug-likeness (QED) is 0.776. The molecule has 88 valence electrons. The molecule has 0 saturated carbocycles. The summed E-state index contributed by atoms with van der Waals surface area (Å²) in [7, 11) is 0. The molecule has 0 unspecified atom stereocenters. The van der Waals surface area contributed by atoms with Crippen molar-refractivity contribution >= 4 is 60.5 Å². The Balaban J connectivity index is 2.28. The monoisotopic (exact) mass is 374 g/mol. The lowest BCUT2D eigenvalue weighted by Crippen LogP contribution is -2.11. The van der Waals surface area contributed by atoms with E-state index in [1.165, 1.54) is 11.3 Å². The summed E-state index contributed by atoms with van der Waals surface area (Å²) in [5.41, 5.74) is 7.63. The Morgan fingerprint density at radius 2 is 1.94 bits per heavy atom. The molecule has 0 fully saturated rings. The second-order valence-corrected chi connectivity index (χ2v) is 5.81. The lowest BCUT2D eigenvalue weighted by atomic mass is 10.2. The van der Waals surface area contributed by atoms with E-state index in [0.29, 0.717) is 16.9 Å². The van der Waals surface area contributed by atoms with Crippen LogP contribution in [0.25, 0.3) is 0 Å². The van der Waals surface area contributed by atoms with Crippen LogP contribution >= 0.6 is 43.2 Å².